The molecule has 0 aromatic heterocycles. The van der Waals surface area contributed by atoms with Gasteiger partial charge in [0.25, 0.3) is 5.91 Å². The molecule has 1 aliphatic heterocycles. The highest BCUT2D eigenvalue weighted by Crippen LogP contribution is 2.37. The molecule has 1 aliphatic rings. The van der Waals surface area contributed by atoms with Gasteiger partial charge in [-0.1, -0.05) is 39.7 Å². The SMILES string of the molecule is O=C1NC(=Nc2ccc(Cl)c(C(F)(F)F)c2)SC1=Cc1cccc(Br)c1. The fourth-order valence-electron chi connectivity index (χ4n) is 2.15. The second-order valence-electron chi connectivity index (χ2n) is 5.20. The maximum atomic E-state index is 12.9. The highest BCUT2D eigenvalue weighted by molar-refractivity contribution is 9.10. The summed E-state index contributed by atoms with van der Waals surface area (Å²) in [7, 11) is 0. The Bertz CT molecular complexity index is 944. The van der Waals surface area contributed by atoms with Crippen LogP contribution in [0.25, 0.3) is 6.08 Å². The minimum atomic E-state index is -4.58. The van der Waals surface area contributed by atoms with Gasteiger partial charge in [-0.3, -0.25) is 4.79 Å². The van der Waals surface area contributed by atoms with Crippen LogP contribution in [0.3, 0.4) is 0 Å². The first-order chi connectivity index (χ1) is 12.2. The molecular formula is C17H9BrClF3N2OS. The number of alkyl halides is 3. The number of nitrogens with zero attached hydrogens (tertiary/aromatic N) is 1. The lowest BCUT2D eigenvalue weighted by molar-refractivity contribution is -0.137. The van der Waals surface area contributed by atoms with Gasteiger partial charge in [0.1, 0.15) is 0 Å². The van der Waals surface area contributed by atoms with Crippen molar-refractivity contribution in [3.8, 4) is 0 Å². The number of halogens is 5. The highest BCUT2D eigenvalue weighted by Gasteiger charge is 2.33. The molecule has 1 heterocycles. The standard InChI is InChI=1S/C17H9BrClF3N2OS/c18-10-3-1-2-9(6-10)7-14-15(25)24-16(26-14)23-11-4-5-13(19)12(8-11)17(20,21)22/h1-8H,(H,23,24,25). The van der Waals surface area contributed by atoms with Gasteiger partial charge < -0.3 is 5.32 Å². The zero-order chi connectivity index (χ0) is 18.9. The molecule has 26 heavy (non-hydrogen) atoms. The van der Waals surface area contributed by atoms with Crippen molar-refractivity contribution in [2.75, 3.05) is 0 Å². The molecule has 0 radical (unpaired) electrons. The molecule has 1 fully saturated rings. The number of nitrogens with one attached hydrogen (secondary N) is 1. The second kappa shape index (κ2) is 7.46. The number of carbonyl (C=O) groups excluding carboxylic acids is 1. The first kappa shape index (κ1) is 19.0. The third kappa shape index (κ3) is 4.49. The average Bonchev–Trinajstić information content (AvgIpc) is 2.87. The fraction of sp³-hybridized carbons (Fsp3) is 0.0588. The number of amidine groups is 1. The number of rotatable bonds is 2. The molecule has 2 aromatic carbocycles. The molecule has 0 atom stereocenters. The Morgan fingerprint density at radius 2 is 1.96 bits per heavy atom. The minimum Gasteiger partial charge on any atom is -0.300 e. The zero-order valence-corrected chi connectivity index (χ0v) is 15.9. The lowest BCUT2D eigenvalue weighted by Gasteiger charge is -2.09. The Balaban J connectivity index is 1.87. The van der Waals surface area contributed by atoms with Crippen molar-refractivity contribution in [1.82, 2.24) is 5.32 Å². The van der Waals surface area contributed by atoms with Crippen LogP contribution in [0.5, 0.6) is 0 Å². The van der Waals surface area contributed by atoms with Crippen molar-refractivity contribution in [2.24, 2.45) is 4.99 Å². The van der Waals surface area contributed by atoms with Crippen molar-refractivity contribution in [2.45, 2.75) is 6.18 Å². The highest BCUT2D eigenvalue weighted by atomic mass is 79.9. The van der Waals surface area contributed by atoms with Crippen LogP contribution in [0.4, 0.5) is 18.9 Å². The van der Waals surface area contributed by atoms with Crippen molar-refractivity contribution >= 4 is 62.1 Å². The first-order valence-corrected chi connectivity index (χ1v) is 9.13. The van der Waals surface area contributed by atoms with E-state index in [-0.39, 0.29) is 16.8 Å². The van der Waals surface area contributed by atoms with Crippen LogP contribution < -0.4 is 5.32 Å². The number of carbonyl (C=O) groups is 1. The van der Waals surface area contributed by atoms with Gasteiger partial charge in [-0.15, -0.1) is 0 Å². The predicted molar refractivity (Wildman–Crippen MR) is 101 cm³/mol. The van der Waals surface area contributed by atoms with Crippen LogP contribution in [-0.4, -0.2) is 11.1 Å². The summed E-state index contributed by atoms with van der Waals surface area (Å²) in [4.78, 5) is 16.5. The largest absolute Gasteiger partial charge is 0.417 e. The molecule has 3 rings (SSSR count). The molecule has 2 aromatic rings. The molecule has 0 bridgehead atoms. The lowest BCUT2D eigenvalue weighted by Crippen LogP contribution is -2.19. The third-order valence-electron chi connectivity index (χ3n) is 3.28. The van der Waals surface area contributed by atoms with E-state index in [0.717, 1.165) is 33.9 Å². The Labute approximate surface area is 164 Å². The Kier molecular flexibility index (Phi) is 5.45. The maximum absolute atomic E-state index is 12.9. The zero-order valence-electron chi connectivity index (χ0n) is 12.8. The van der Waals surface area contributed by atoms with Crippen LogP contribution in [0.15, 0.2) is 56.8 Å². The fourth-order valence-corrected chi connectivity index (χ4v) is 3.63. The lowest BCUT2D eigenvalue weighted by atomic mass is 10.2. The first-order valence-electron chi connectivity index (χ1n) is 7.14. The summed E-state index contributed by atoms with van der Waals surface area (Å²) in [5, 5.41) is 2.34. The van der Waals surface area contributed by atoms with E-state index < -0.39 is 16.8 Å². The predicted octanol–water partition coefficient (Wildman–Crippen LogP) is 6.01. The molecule has 1 saturated heterocycles. The molecule has 0 saturated carbocycles. The van der Waals surface area contributed by atoms with Crippen LogP contribution in [0.1, 0.15) is 11.1 Å². The van der Waals surface area contributed by atoms with Crippen molar-refractivity contribution in [3.63, 3.8) is 0 Å². The smallest absolute Gasteiger partial charge is 0.300 e. The van der Waals surface area contributed by atoms with Gasteiger partial charge in [0.05, 0.1) is 21.2 Å². The molecule has 0 spiro atoms. The van der Waals surface area contributed by atoms with Crippen molar-refractivity contribution in [1.29, 1.82) is 0 Å². The van der Waals surface area contributed by atoms with Gasteiger partial charge in [-0.25, -0.2) is 4.99 Å². The summed E-state index contributed by atoms with van der Waals surface area (Å²) >= 11 is 9.99. The van der Waals surface area contributed by atoms with E-state index in [1.807, 2.05) is 24.3 Å². The average molecular weight is 462 g/mol. The van der Waals surface area contributed by atoms with Crippen molar-refractivity contribution < 1.29 is 18.0 Å². The number of hydrogen-bond donors (Lipinski definition) is 1. The van der Waals surface area contributed by atoms with Crippen LogP contribution in [-0.2, 0) is 11.0 Å². The number of amides is 1. The second-order valence-corrected chi connectivity index (χ2v) is 7.55. The molecule has 1 N–H and O–H groups in total. The third-order valence-corrected chi connectivity index (χ3v) is 5.02. The molecule has 0 aliphatic carbocycles. The summed E-state index contributed by atoms with van der Waals surface area (Å²) in [6.07, 6.45) is -2.90. The minimum absolute atomic E-state index is 0.0493. The van der Waals surface area contributed by atoms with E-state index in [1.54, 1.807) is 6.08 Å². The van der Waals surface area contributed by atoms with Gasteiger partial charge in [-0.2, -0.15) is 13.2 Å². The van der Waals surface area contributed by atoms with Crippen molar-refractivity contribution in [3.05, 3.63) is 68.0 Å². The molecule has 3 nitrogen and oxygen atoms in total. The normalized spacial score (nSPS) is 17.8. The van der Waals surface area contributed by atoms with E-state index >= 15 is 0 Å². The molecule has 1 amide bonds. The quantitative estimate of drug-likeness (QED) is 0.556. The summed E-state index contributed by atoms with van der Waals surface area (Å²) in [5.74, 6) is -0.362. The van der Waals surface area contributed by atoms with E-state index in [9.17, 15) is 18.0 Å². The molecule has 9 heteroatoms. The summed E-state index contributed by atoms with van der Waals surface area (Å²) in [6.45, 7) is 0. The van der Waals surface area contributed by atoms with Crippen LogP contribution >= 0.6 is 39.3 Å². The summed E-state index contributed by atoms with van der Waals surface area (Å²) < 4.78 is 39.6. The van der Waals surface area contributed by atoms with E-state index in [2.05, 4.69) is 26.2 Å². The monoisotopic (exact) mass is 460 g/mol. The number of thioether (sulfide) groups is 1. The van der Waals surface area contributed by atoms with Gasteiger partial charge in [-0.05, 0) is 53.7 Å². The summed E-state index contributed by atoms with van der Waals surface area (Å²) in [5.41, 5.74) is -0.113. The molecule has 134 valence electrons. The van der Waals surface area contributed by atoms with Gasteiger partial charge in [0, 0.05) is 4.47 Å². The Morgan fingerprint density at radius 1 is 1.19 bits per heavy atom. The van der Waals surface area contributed by atoms with Gasteiger partial charge in [0.2, 0.25) is 0 Å². The van der Waals surface area contributed by atoms with E-state index in [4.69, 9.17) is 11.6 Å². The van der Waals surface area contributed by atoms with Crippen LogP contribution in [0, 0.1) is 0 Å². The number of benzene rings is 2. The van der Waals surface area contributed by atoms with Gasteiger partial charge in [0.15, 0.2) is 5.17 Å². The summed E-state index contributed by atoms with van der Waals surface area (Å²) in [6, 6.07) is 10.7. The van der Waals surface area contributed by atoms with E-state index in [0.29, 0.717) is 4.91 Å². The number of hydrogen-bond acceptors (Lipinski definition) is 3. The Morgan fingerprint density at radius 3 is 2.65 bits per heavy atom. The maximum Gasteiger partial charge on any atom is 0.417 e. The van der Waals surface area contributed by atoms with E-state index in [1.165, 1.54) is 6.07 Å². The topological polar surface area (TPSA) is 41.5 Å². The molecule has 0 unspecified atom stereocenters. The van der Waals surface area contributed by atoms with Crippen LogP contribution in [0.2, 0.25) is 5.02 Å². The molecular weight excluding hydrogens is 453 g/mol. The Hall–Kier alpha value is -1.77. The van der Waals surface area contributed by atoms with Gasteiger partial charge >= 0.3 is 6.18 Å². The number of aliphatic imine (C=N–C) groups is 1.